The summed E-state index contributed by atoms with van der Waals surface area (Å²) in [6, 6.07) is 2.12. The van der Waals surface area contributed by atoms with E-state index >= 15 is 0 Å². The lowest BCUT2D eigenvalue weighted by atomic mass is 9.97. The second-order valence-corrected chi connectivity index (χ2v) is 5.38. The van der Waals surface area contributed by atoms with Crippen LogP contribution < -0.4 is 4.90 Å². The third-order valence-electron chi connectivity index (χ3n) is 3.89. The maximum absolute atomic E-state index is 4.61. The van der Waals surface area contributed by atoms with Crippen LogP contribution in [-0.4, -0.2) is 33.0 Å². The molecule has 0 bridgehead atoms. The zero-order valence-corrected chi connectivity index (χ0v) is 12.1. The number of aromatic nitrogens is 4. The lowest BCUT2D eigenvalue weighted by molar-refractivity contribution is 0.491. The largest absolute Gasteiger partial charge is 0.356 e. The first-order chi connectivity index (χ1) is 9.76. The van der Waals surface area contributed by atoms with Gasteiger partial charge in [0.2, 0.25) is 0 Å². The summed E-state index contributed by atoms with van der Waals surface area (Å²) in [5.74, 6) is 3.49. The van der Waals surface area contributed by atoms with Gasteiger partial charge in [-0.05, 0) is 26.2 Å². The number of piperidine rings is 1. The van der Waals surface area contributed by atoms with Gasteiger partial charge in [0.1, 0.15) is 17.5 Å². The number of imidazole rings is 1. The monoisotopic (exact) mass is 271 g/mol. The second kappa shape index (κ2) is 5.61. The van der Waals surface area contributed by atoms with Gasteiger partial charge in [-0.1, -0.05) is 6.92 Å². The Kier molecular flexibility index (Phi) is 3.67. The van der Waals surface area contributed by atoms with E-state index in [-0.39, 0.29) is 0 Å². The average Bonchev–Trinajstić information content (AvgIpc) is 3.01. The summed E-state index contributed by atoms with van der Waals surface area (Å²) in [5.41, 5.74) is 1.12. The van der Waals surface area contributed by atoms with E-state index in [1.165, 1.54) is 12.8 Å². The Hall–Kier alpha value is -1.91. The molecular formula is C15H21N5. The van der Waals surface area contributed by atoms with Crippen molar-refractivity contribution in [1.82, 2.24) is 19.9 Å². The molecule has 0 radical (unpaired) electrons. The van der Waals surface area contributed by atoms with Crippen molar-refractivity contribution in [2.45, 2.75) is 39.0 Å². The van der Waals surface area contributed by atoms with Gasteiger partial charge in [0, 0.05) is 43.2 Å². The Balaban J connectivity index is 1.81. The summed E-state index contributed by atoms with van der Waals surface area (Å²) in [7, 11) is 0. The van der Waals surface area contributed by atoms with Crippen LogP contribution in [0.3, 0.4) is 0 Å². The number of hydrogen-bond acceptors (Lipinski definition) is 4. The Morgan fingerprint density at radius 2 is 2.30 bits per heavy atom. The van der Waals surface area contributed by atoms with Gasteiger partial charge in [0.15, 0.2) is 0 Å². The second-order valence-electron chi connectivity index (χ2n) is 5.38. The van der Waals surface area contributed by atoms with Crippen LogP contribution in [0.2, 0.25) is 0 Å². The van der Waals surface area contributed by atoms with Crippen molar-refractivity contribution in [1.29, 1.82) is 0 Å². The first-order valence-electron chi connectivity index (χ1n) is 7.35. The van der Waals surface area contributed by atoms with Crippen LogP contribution in [-0.2, 0) is 6.42 Å². The van der Waals surface area contributed by atoms with Gasteiger partial charge in [-0.25, -0.2) is 15.0 Å². The topological polar surface area (TPSA) is 57.7 Å². The fourth-order valence-corrected chi connectivity index (χ4v) is 2.86. The summed E-state index contributed by atoms with van der Waals surface area (Å²) in [6.45, 7) is 6.15. The van der Waals surface area contributed by atoms with E-state index in [0.29, 0.717) is 5.92 Å². The van der Waals surface area contributed by atoms with Crippen molar-refractivity contribution in [2.24, 2.45) is 0 Å². The summed E-state index contributed by atoms with van der Waals surface area (Å²) in [5, 5.41) is 0. The molecule has 1 unspecified atom stereocenters. The fraction of sp³-hybridized carbons (Fsp3) is 0.533. The highest BCUT2D eigenvalue weighted by Gasteiger charge is 2.24. The molecule has 1 fully saturated rings. The van der Waals surface area contributed by atoms with E-state index in [9.17, 15) is 0 Å². The van der Waals surface area contributed by atoms with Gasteiger partial charge in [-0.15, -0.1) is 0 Å². The maximum Gasteiger partial charge on any atom is 0.132 e. The van der Waals surface area contributed by atoms with Gasteiger partial charge in [-0.3, -0.25) is 0 Å². The van der Waals surface area contributed by atoms with E-state index in [1.54, 1.807) is 0 Å². The summed E-state index contributed by atoms with van der Waals surface area (Å²) < 4.78 is 0. The minimum absolute atomic E-state index is 0.471. The molecule has 1 saturated heterocycles. The molecule has 106 valence electrons. The quantitative estimate of drug-likeness (QED) is 0.931. The number of aryl methyl sites for hydroxylation is 2. The molecule has 3 rings (SSSR count). The molecule has 3 heterocycles. The zero-order valence-electron chi connectivity index (χ0n) is 12.1. The minimum atomic E-state index is 0.471. The van der Waals surface area contributed by atoms with Crippen LogP contribution in [0, 0.1) is 6.92 Å². The molecule has 20 heavy (non-hydrogen) atoms. The van der Waals surface area contributed by atoms with Crippen molar-refractivity contribution in [3.8, 4) is 0 Å². The Morgan fingerprint density at radius 3 is 3.05 bits per heavy atom. The standard InChI is InChI=1S/C15H21N5/c1-3-13-9-14(19-11(2)18-13)20-8-4-5-12(10-20)15-16-6-7-17-15/h6-7,9,12H,3-5,8,10H2,1-2H3,(H,16,17). The molecule has 0 aliphatic carbocycles. The predicted molar refractivity (Wildman–Crippen MR) is 78.9 cm³/mol. The third kappa shape index (κ3) is 2.66. The molecular weight excluding hydrogens is 250 g/mol. The molecule has 5 nitrogen and oxygen atoms in total. The van der Waals surface area contributed by atoms with Crippen LogP contribution in [0.4, 0.5) is 5.82 Å². The van der Waals surface area contributed by atoms with Crippen molar-refractivity contribution >= 4 is 5.82 Å². The number of anilines is 1. The van der Waals surface area contributed by atoms with Gasteiger partial charge in [-0.2, -0.15) is 0 Å². The number of nitrogens with one attached hydrogen (secondary N) is 1. The van der Waals surface area contributed by atoms with Crippen molar-refractivity contribution in [3.05, 3.63) is 35.8 Å². The number of H-pyrrole nitrogens is 1. The summed E-state index contributed by atoms with van der Waals surface area (Å²) >= 11 is 0. The summed E-state index contributed by atoms with van der Waals surface area (Å²) in [6.07, 6.45) is 7.05. The van der Waals surface area contributed by atoms with E-state index in [1.807, 2.05) is 19.3 Å². The zero-order chi connectivity index (χ0) is 13.9. The van der Waals surface area contributed by atoms with Crippen LogP contribution in [0.5, 0.6) is 0 Å². The van der Waals surface area contributed by atoms with Crippen molar-refractivity contribution in [3.63, 3.8) is 0 Å². The average molecular weight is 271 g/mol. The summed E-state index contributed by atoms with van der Waals surface area (Å²) in [4.78, 5) is 19.1. The molecule has 1 N–H and O–H groups in total. The molecule has 5 heteroatoms. The maximum atomic E-state index is 4.61. The van der Waals surface area contributed by atoms with E-state index < -0.39 is 0 Å². The van der Waals surface area contributed by atoms with Crippen LogP contribution >= 0.6 is 0 Å². The number of nitrogens with zero attached hydrogens (tertiary/aromatic N) is 4. The van der Waals surface area contributed by atoms with Crippen LogP contribution in [0.15, 0.2) is 18.5 Å². The Morgan fingerprint density at radius 1 is 1.40 bits per heavy atom. The Labute approximate surface area is 119 Å². The van der Waals surface area contributed by atoms with Gasteiger partial charge in [0.05, 0.1) is 0 Å². The molecule has 0 aromatic carbocycles. The van der Waals surface area contributed by atoms with Crippen molar-refractivity contribution in [2.75, 3.05) is 18.0 Å². The van der Waals surface area contributed by atoms with Gasteiger partial charge in [0.25, 0.3) is 0 Å². The lowest BCUT2D eigenvalue weighted by Gasteiger charge is -2.33. The first-order valence-corrected chi connectivity index (χ1v) is 7.35. The number of rotatable bonds is 3. The van der Waals surface area contributed by atoms with E-state index in [2.05, 4.69) is 37.8 Å². The lowest BCUT2D eigenvalue weighted by Crippen LogP contribution is -2.35. The predicted octanol–water partition coefficient (Wildman–Crippen LogP) is 2.45. The molecule has 2 aromatic heterocycles. The minimum Gasteiger partial charge on any atom is -0.356 e. The van der Waals surface area contributed by atoms with Gasteiger partial charge >= 0.3 is 0 Å². The van der Waals surface area contributed by atoms with Crippen LogP contribution in [0.25, 0.3) is 0 Å². The van der Waals surface area contributed by atoms with E-state index in [4.69, 9.17) is 0 Å². The normalized spacial score (nSPS) is 19.3. The third-order valence-corrected chi connectivity index (χ3v) is 3.89. The molecule has 0 amide bonds. The molecule has 0 spiro atoms. The number of aromatic amines is 1. The van der Waals surface area contributed by atoms with Crippen molar-refractivity contribution < 1.29 is 0 Å². The molecule has 2 aromatic rings. The van der Waals surface area contributed by atoms with Gasteiger partial charge < -0.3 is 9.88 Å². The molecule has 0 saturated carbocycles. The number of hydrogen-bond donors (Lipinski definition) is 1. The molecule has 1 atom stereocenters. The highest BCUT2D eigenvalue weighted by atomic mass is 15.2. The SMILES string of the molecule is CCc1cc(N2CCCC(c3ncc[nH]3)C2)nc(C)n1. The van der Waals surface area contributed by atoms with Crippen LogP contribution in [0.1, 0.15) is 43.0 Å². The highest BCUT2D eigenvalue weighted by molar-refractivity contribution is 5.41. The molecule has 1 aliphatic heterocycles. The first kappa shape index (κ1) is 13.1. The smallest absolute Gasteiger partial charge is 0.132 e. The highest BCUT2D eigenvalue weighted by Crippen LogP contribution is 2.27. The Bertz CT molecular complexity index is 564. The van der Waals surface area contributed by atoms with E-state index in [0.717, 1.165) is 42.7 Å². The fourth-order valence-electron chi connectivity index (χ4n) is 2.86. The molecule has 1 aliphatic rings.